The van der Waals surface area contributed by atoms with Crippen molar-refractivity contribution in [3.63, 3.8) is 0 Å². The lowest BCUT2D eigenvalue weighted by Crippen LogP contribution is -2.19. The van der Waals surface area contributed by atoms with Crippen LogP contribution in [0.3, 0.4) is 0 Å². The molecule has 0 fully saturated rings. The standard InChI is InChI=1S/C22H22N4O2S/c1-15(2)23-22-25(24-20-9-5-7-16-6-3-4-8-19(16)20)21(14-29-22)17-10-12-18(13-11-17)26(27)28/h3-4,6,8,10-15H,5,7,9H2,1-2H3. The predicted molar refractivity (Wildman–Crippen MR) is 116 cm³/mol. The van der Waals surface area contributed by atoms with E-state index in [2.05, 4.69) is 24.3 Å². The number of rotatable bonds is 4. The normalized spacial score (nSPS) is 15.7. The number of benzene rings is 2. The second-order valence-electron chi connectivity index (χ2n) is 7.30. The minimum absolute atomic E-state index is 0.0788. The highest BCUT2D eigenvalue weighted by Gasteiger charge is 2.17. The highest BCUT2D eigenvalue weighted by molar-refractivity contribution is 7.07. The fraction of sp³-hybridized carbons (Fsp3) is 0.273. The van der Waals surface area contributed by atoms with Crippen LogP contribution in [0.5, 0.6) is 0 Å². The van der Waals surface area contributed by atoms with Crippen molar-refractivity contribution in [2.24, 2.45) is 10.1 Å². The Kier molecular flexibility index (Phi) is 5.40. The largest absolute Gasteiger partial charge is 0.269 e. The molecule has 0 N–H and O–H groups in total. The molecule has 0 spiro atoms. The molecule has 6 nitrogen and oxygen atoms in total. The summed E-state index contributed by atoms with van der Waals surface area (Å²) in [4.78, 5) is 16.2. The van der Waals surface area contributed by atoms with Crippen molar-refractivity contribution in [3.05, 3.63) is 80.0 Å². The van der Waals surface area contributed by atoms with Crippen LogP contribution in [0.4, 0.5) is 5.69 Å². The number of nitro groups is 1. The van der Waals surface area contributed by atoms with Gasteiger partial charge >= 0.3 is 0 Å². The van der Waals surface area contributed by atoms with Gasteiger partial charge in [-0.25, -0.2) is 4.68 Å². The summed E-state index contributed by atoms with van der Waals surface area (Å²) < 4.78 is 1.89. The third kappa shape index (κ3) is 4.05. The smallest absolute Gasteiger partial charge is 0.258 e. The number of hydrogen-bond acceptors (Lipinski definition) is 5. The van der Waals surface area contributed by atoms with Gasteiger partial charge < -0.3 is 0 Å². The third-order valence-corrected chi connectivity index (χ3v) is 5.67. The summed E-state index contributed by atoms with van der Waals surface area (Å²) >= 11 is 1.54. The van der Waals surface area contributed by atoms with Gasteiger partial charge in [-0.2, -0.15) is 5.10 Å². The van der Waals surface area contributed by atoms with Crippen molar-refractivity contribution in [2.45, 2.75) is 39.2 Å². The second-order valence-corrected chi connectivity index (χ2v) is 8.14. The van der Waals surface area contributed by atoms with Crippen molar-refractivity contribution in [1.29, 1.82) is 0 Å². The number of thiazole rings is 1. The third-order valence-electron chi connectivity index (χ3n) is 4.84. The lowest BCUT2D eigenvalue weighted by Gasteiger charge is -2.18. The molecule has 0 unspecified atom stereocenters. The van der Waals surface area contributed by atoms with Gasteiger partial charge in [0.05, 0.1) is 16.3 Å². The summed E-state index contributed by atoms with van der Waals surface area (Å²) in [5.41, 5.74) is 5.43. The van der Waals surface area contributed by atoms with Crippen molar-refractivity contribution >= 4 is 22.7 Å². The molecule has 0 saturated carbocycles. The Morgan fingerprint density at radius 3 is 2.59 bits per heavy atom. The van der Waals surface area contributed by atoms with E-state index < -0.39 is 0 Å². The highest BCUT2D eigenvalue weighted by atomic mass is 32.1. The number of hydrogen-bond donors (Lipinski definition) is 0. The number of nitro benzene ring substituents is 1. The predicted octanol–water partition coefficient (Wildman–Crippen LogP) is 5.02. The molecule has 2 aromatic carbocycles. The lowest BCUT2D eigenvalue weighted by atomic mass is 9.90. The summed E-state index contributed by atoms with van der Waals surface area (Å²) in [5, 5.41) is 18.0. The number of aryl methyl sites for hydroxylation is 1. The van der Waals surface area contributed by atoms with E-state index in [1.54, 1.807) is 12.1 Å². The topological polar surface area (TPSA) is 72.8 Å². The Morgan fingerprint density at radius 2 is 1.86 bits per heavy atom. The molecule has 1 aliphatic rings. The van der Waals surface area contributed by atoms with E-state index in [0.717, 1.165) is 41.0 Å². The molecule has 0 bridgehead atoms. The van der Waals surface area contributed by atoms with Gasteiger partial charge in [-0.05, 0) is 50.8 Å². The zero-order valence-corrected chi connectivity index (χ0v) is 17.2. The summed E-state index contributed by atoms with van der Waals surface area (Å²) in [6.07, 6.45) is 3.06. The first-order valence-corrected chi connectivity index (χ1v) is 10.6. The number of fused-ring (bicyclic) bond motifs is 1. The fourth-order valence-corrected chi connectivity index (χ4v) is 4.45. The molecule has 0 radical (unpaired) electrons. The van der Waals surface area contributed by atoms with Crippen LogP contribution in [0.1, 0.15) is 37.8 Å². The van der Waals surface area contributed by atoms with Gasteiger partial charge in [0, 0.05) is 34.7 Å². The van der Waals surface area contributed by atoms with Crippen molar-refractivity contribution in [2.75, 3.05) is 0 Å². The molecule has 1 aromatic heterocycles. The molecule has 1 heterocycles. The number of nitrogens with zero attached hydrogens (tertiary/aromatic N) is 4. The maximum absolute atomic E-state index is 11.0. The van der Waals surface area contributed by atoms with Crippen LogP contribution in [0.15, 0.2) is 64.0 Å². The molecular weight excluding hydrogens is 384 g/mol. The molecule has 0 aliphatic heterocycles. The van der Waals surface area contributed by atoms with Crippen molar-refractivity contribution < 1.29 is 4.92 Å². The molecule has 0 atom stereocenters. The average Bonchev–Trinajstić information content (AvgIpc) is 3.10. The Morgan fingerprint density at radius 1 is 1.10 bits per heavy atom. The highest BCUT2D eigenvalue weighted by Crippen LogP contribution is 2.25. The Bertz CT molecular complexity index is 1140. The van der Waals surface area contributed by atoms with E-state index in [-0.39, 0.29) is 16.7 Å². The first-order valence-electron chi connectivity index (χ1n) is 9.68. The molecule has 0 amide bonds. The molecular formula is C22H22N4O2S. The monoisotopic (exact) mass is 406 g/mol. The van der Waals surface area contributed by atoms with Gasteiger partial charge in [0.15, 0.2) is 0 Å². The molecule has 29 heavy (non-hydrogen) atoms. The molecule has 4 rings (SSSR count). The van der Waals surface area contributed by atoms with E-state index in [0.29, 0.717) is 0 Å². The molecule has 148 valence electrons. The number of aromatic nitrogens is 1. The van der Waals surface area contributed by atoms with Crippen LogP contribution in [0.2, 0.25) is 0 Å². The molecule has 1 aliphatic carbocycles. The van der Waals surface area contributed by atoms with Crippen LogP contribution < -0.4 is 4.80 Å². The van der Waals surface area contributed by atoms with Gasteiger partial charge in [-0.15, -0.1) is 11.3 Å². The van der Waals surface area contributed by atoms with Crippen molar-refractivity contribution in [3.8, 4) is 11.3 Å². The van der Waals surface area contributed by atoms with Gasteiger partial charge in [0.1, 0.15) is 0 Å². The fourth-order valence-electron chi connectivity index (χ4n) is 3.48. The minimum Gasteiger partial charge on any atom is -0.258 e. The SMILES string of the molecule is CC(C)N=c1scc(-c2ccc([N+](=O)[O-])cc2)n1N=C1CCCc2ccccc21. The van der Waals surface area contributed by atoms with E-state index in [4.69, 9.17) is 10.1 Å². The molecule has 3 aromatic rings. The van der Waals surface area contributed by atoms with Crippen LogP contribution in [0, 0.1) is 10.1 Å². The van der Waals surface area contributed by atoms with E-state index in [1.165, 1.54) is 34.6 Å². The number of non-ortho nitro benzene ring substituents is 1. The van der Waals surface area contributed by atoms with Crippen molar-refractivity contribution in [1.82, 2.24) is 4.68 Å². The van der Waals surface area contributed by atoms with Crippen LogP contribution >= 0.6 is 11.3 Å². The zero-order chi connectivity index (χ0) is 20.4. The quantitative estimate of drug-likeness (QED) is 0.451. The molecule has 0 saturated heterocycles. The lowest BCUT2D eigenvalue weighted by molar-refractivity contribution is -0.384. The maximum atomic E-state index is 11.0. The van der Waals surface area contributed by atoms with E-state index in [9.17, 15) is 10.1 Å². The van der Waals surface area contributed by atoms with Crippen LogP contribution in [-0.2, 0) is 6.42 Å². The second kappa shape index (κ2) is 8.13. The van der Waals surface area contributed by atoms with E-state index in [1.807, 2.05) is 23.9 Å². The van der Waals surface area contributed by atoms with E-state index >= 15 is 0 Å². The van der Waals surface area contributed by atoms with Gasteiger partial charge in [0.25, 0.3) is 5.69 Å². The average molecular weight is 407 g/mol. The van der Waals surface area contributed by atoms with Crippen LogP contribution in [0.25, 0.3) is 11.3 Å². The summed E-state index contributed by atoms with van der Waals surface area (Å²) in [6, 6.07) is 15.2. The van der Waals surface area contributed by atoms with Gasteiger partial charge in [-0.1, -0.05) is 24.3 Å². The Hall–Kier alpha value is -3.06. The first-order chi connectivity index (χ1) is 14.0. The van der Waals surface area contributed by atoms with Gasteiger partial charge in [-0.3, -0.25) is 15.1 Å². The Labute approximate surface area is 173 Å². The summed E-state index contributed by atoms with van der Waals surface area (Å²) in [5.74, 6) is 0. The summed E-state index contributed by atoms with van der Waals surface area (Å²) in [7, 11) is 0. The zero-order valence-electron chi connectivity index (χ0n) is 16.4. The maximum Gasteiger partial charge on any atom is 0.269 e. The minimum atomic E-state index is -0.385. The van der Waals surface area contributed by atoms with Gasteiger partial charge in [0.2, 0.25) is 4.80 Å². The first kappa shape index (κ1) is 19.3. The Balaban J connectivity index is 1.86. The summed E-state index contributed by atoms with van der Waals surface area (Å²) in [6.45, 7) is 4.08. The molecule has 7 heteroatoms. The van der Waals surface area contributed by atoms with Crippen LogP contribution in [-0.4, -0.2) is 21.4 Å².